The maximum Gasteiger partial charge on any atom is 0.244 e. The SMILES string of the molecule is NNc1ncc(Br)cc1S(=O)(=O)NCc1ccon1. The molecule has 4 N–H and O–H groups in total. The number of nitrogens with two attached hydrogens (primary N) is 1. The van der Waals surface area contributed by atoms with Gasteiger partial charge in [0.15, 0.2) is 5.82 Å². The predicted octanol–water partition coefficient (Wildman–Crippen LogP) is 0.596. The molecule has 0 fully saturated rings. The van der Waals surface area contributed by atoms with Gasteiger partial charge in [0.2, 0.25) is 10.0 Å². The van der Waals surface area contributed by atoms with E-state index in [1.807, 2.05) is 0 Å². The fraction of sp³-hybridized carbons (Fsp3) is 0.111. The molecular formula is C9H10BrN5O3S. The second-order valence-corrected chi connectivity index (χ2v) is 6.11. The summed E-state index contributed by atoms with van der Waals surface area (Å²) < 4.78 is 31.8. The monoisotopic (exact) mass is 347 g/mol. The fourth-order valence-electron chi connectivity index (χ4n) is 1.31. The van der Waals surface area contributed by atoms with E-state index in [-0.39, 0.29) is 17.3 Å². The molecule has 2 heterocycles. The molecule has 0 radical (unpaired) electrons. The van der Waals surface area contributed by atoms with E-state index in [0.29, 0.717) is 10.2 Å². The van der Waals surface area contributed by atoms with Crippen molar-refractivity contribution in [1.82, 2.24) is 14.9 Å². The van der Waals surface area contributed by atoms with Crippen LogP contribution >= 0.6 is 15.9 Å². The summed E-state index contributed by atoms with van der Waals surface area (Å²) in [5.41, 5.74) is 2.70. The summed E-state index contributed by atoms with van der Waals surface area (Å²) in [4.78, 5) is 3.81. The van der Waals surface area contributed by atoms with Crippen molar-refractivity contribution in [1.29, 1.82) is 0 Å². The van der Waals surface area contributed by atoms with Crippen LogP contribution in [0.2, 0.25) is 0 Å². The third kappa shape index (κ3) is 3.29. The zero-order valence-electron chi connectivity index (χ0n) is 9.50. The van der Waals surface area contributed by atoms with Crippen molar-refractivity contribution in [3.05, 3.63) is 34.8 Å². The first kappa shape index (κ1) is 13.9. The highest BCUT2D eigenvalue weighted by Crippen LogP contribution is 2.22. The van der Waals surface area contributed by atoms with Crippen molar-refractivity contribution >= 4 is 31.8 Å². The van der Waals surface area contributed by atoms with Gasteiger partial charge in [0, 0.05) is 16.7 Å². The van der Waals surface area contributed by atoms with E-state index in [9.17, 15) is 8.42 Å². The first-order chi connectivity index (χ1) is 9.03. The summed E-state index contributed by atoms with van der Waals surface area (Å²) in [6.07, 6.45) is 2.79. The lowest BCUT2D eigenvalue weighted by Crippen LogP contribution is -2.25. The van der Waals surface area contributed by atoms with Crippen LogP contribution in [0.25, 0.3) is 0 Å². The molecule has 0 aliphatic rings. The van der Waals surface area contributed by atoms with Crippen molar-refractivity contribution in [3.8, 4) is 0 Å². The van der Waals surface area contributed by atoms with Crippen LogP contribution in [0.3, 0.4) is 0 Å². The van der Waals surface area contributed by atoms with E-state index in [1.54, 1.807) is 6.07 Å². The number of halogens is 1. The number of sulfonamides is 1. The van der Waals surface area contributed by atoms with E-state index < -0.39 is 10.0 Å². The highest BCUT2D eigenvalue weighted by molar-refractivity contribution is 9.10. The van der Waals surface area contributed by atoms with Crippen LogP contribution in [-0.4, -0.2) is 18.6 Å². The molecule has 0 saturated carbocycles. The van der Waals surface area contributed by atoms with E-state index in [1.165, 1.54) is 18.5 Å². The summed E-state index contributed by atoms with van der Waals surface area (Å²) in [5, 5.41) is 3.61. The van der Waals surface area contributed by atoms with Crippen LogP contribution < -0.4 is 16.0 Å². The molecule has 0 aromatic carbocycles. The summed E-state index contributed by atoms with van der Waals surface area (Å²) in [6, 6.07) is 2.96. The second kappa shape index (κ2) is 5.65. The Bertz CT molecular complexity index is 658. The fourth-order valence-corrected chi connectivity index (χ4v) is 2.93. The van der Waals surface area contributed by atoms with Crippen LogP contribution in [-0.2, 0) is 16.6 Å². The zero-order chi connectivity index (χ0) is 13.9. The summed E-state index contributed by atoms with van der Waals surface area (Å²) >= 11 is 3.16. The van der Waals surface area contributed by atoms with Gasteiger partial charge < -0.3 is 9.95 Å². The number of hydrogen-bond donors (Lipinski definition) is 3. The van der Waals surface area contributed by atoms with Gasteiger partial charge in [-0.15, -0.1) is 0 Å². The maximum atomic E-state index is 12.1. The van der Waals surface area contributed by atoms with Crippen molar-refractivity contribution in [2.75, 3.05) is 5.43 Å². The van der Waals surface area contributed by atoms with E-state index >= 15 is 0 Å². The highest BCUT2D eigenvalue weighted by Gasteiger charge is 2.20. The Morgan fingerprint density at radius 3 is 2.89 bits per heavy atom. The van der Waals surface area contributed by atoms with Crippen LogP contribution in [0.5, 0.6) is 0 Å². The first-order valence-corrected chi connectivity index (χ1v) is 7.31. The van der Waals surface area contributed by atoms with Gasteiger partial charge in [-0.2, -0.15) is 0 Å². The lowest BCUT2D eigenvalue weighted by atomic mass is 10.4. The molecule has 0 aliphatic carbocycles. The van der Waals surface area contributed by atoms with Gasteiger partial charge in [-0.3, -0.25) is 0 Å². The van der Waals surface area contributed by atoms with E-state index in [0.717, 1.165) is 0 Å². The third-order valence-corrected chi connectivity index (χ3v) is 4.03. The number of rotatable bonds is 5. The number of anilines is 1. The number of hydrazine groups is 1. The largest absolute Gasteiger partial charge is 0.364 e. The van der Waals surface area contributed by atoms with Gasteiger partial charge in [-0.05, 0) is 22.0 Å². The number of hydrogen-bond acceptors (Lipinski definition) is 7. The normalized spacial score (nSPS) is 11.5. The maximum absolute atomic E-state index is 12.1. The minimum absolute atomic E-state index is 0.00928. The van der Waals surface area contributed by atoms with Gasteiger partial charge in [0.25, 0.3) is 0 Å². The topological polar surface area (TPSA) is 123 Å². The Hall–Kier alpha value is -1.49. The highest BCUT2D eigenvalue weighted by atomic mass is 79.9. The van der Waals surface area contributed by atoms with Crippen molar-refractivity contribution < 1.29 is 12.9 Å². The quantitative estimate of drug-likeness (QED) is 0.534. The average Bonchev–Trinajstić information content (AvgIpc) is 2.89. The van der Waals surface area contributed by atoms with Gasteiger partial charge >= 0.3 is 0 Å². The van der Waals surface area contributed by atoms with Crippen molar-refractivity contribution in [2.45, 2.75) is 11.4 Å². The summed E-state index contributed by atoms with van der Waals surface area (Å²) in [7, 11) is -3.77. The molecule has 0 amide bonds. The number of pyridine rings is 1. The van der Waals surface area contributed by atoms with Crippen LogP contribution in [0.4, 0.5) is 5.82 Å². The molecule has 2 aromatic rings. The molecule has 2 rings (SSSR count). The summed E-state index contributed by atoms with van der Waals surface area (Å²) in [6.45, 7) is 0.00928. The van der Waals surface area contributed by atoms with E-state index in [2.05, 4.69) is 40.7 Å². The lowest BCUT2D eigenvalue weighted by Gasteiger charge is -2.09. The third-order valence-electron chi connectivity index (χ3n) is 2.18. The number of nitrogen functional groups attached to an aromatic ring is 1. The first-order valence-electron chi connectivity index (χ1n) is 5.04. The molecule has 0 spiro atoms. The Labute approximate surface area is 117 Å². The minimum Gasteiger partial charge on any atom is -0.364 e. The smallest absolute Gasteiger partial charge is 0.244 e. The predicted molar refractivity (Wildman–Crippen MR) is 70.3 cm³/mol. The zero-order valence-corrected chi connectivity index (χ0v) is 11.9. The number of nitrogens with zero attached hydrogens (tertiary/aromatic N) is 2. The molecule has 10 heteroatoms. The van der Waals surface area contributed by atoms with Crippen LogP contribution in [0.1, 0.15) is 5.69 Å². The summed E-state index contributed by atoms with van der Waals surface area (Å²) in [5.74, 6) is 5.29. The molecule has 8 nitrogen and oxygen atoms in total. The van der Waals surface area contributed by atoms with E-state index in [4.69, 9.17) is 5.84 Å². The molecule has 19 heavy (non-hydrogen) atoms. The standard InChI is InChI=1S/C9H10BrN5O3S/c10-6-3-8(9(14-11)12-4-6)19(16,17)13-5-7-1-2-18-15-7/h1-4,13H,5,11H2,(H,12,14). The van der Waals surface area contributed by atoms with Gasteiger partial charge in [-0.1, -0.05) is 5.16 Å². The number of nitrogens with one attached hydrogen (secondary N) is 2. The minimum atomic E-state index is -3.77. The Kier molecular flexibility index (Phi) is 4.14. The molecule has 0 unspecified atom stereocenters. The molecule has 0 atom stereocenters. The molecule has 0 bridgehead atoms. The second-order valence-electron chi connectivity index (χ2n) is 3.46. The van der Waals surface area contributed by atoms with Crippen LogP contribution in [0.15, 0.2) is 38.5 Å². The molecule has 2 aromatic heterocycles. The number of aromatic nitrogens is 2. The lowest BCUT2D eigenvalue weighted by molar-refractivity contribution is 0.411. The molecular weight excluding hydrogens is 338 g/mol. The average molecular weight is 348 g/mol. The van der Waals surface area contributed by atoms with Crippen LogP contribution in [0, 0.1) is 0 Å². The van der Waals surface area contributed by atoms with Crippen molar-refractivity contribution in [3.63, 3.8) is 0 Å². The van der Waals surface area contributed by atoms with Gasteiger partial charge in [0.05, 0.1) is 12.2 Å². The molecule has 0 aliphatic heterocycles. The Morgan fingerprint density at radius 2 is 2.26 bits per heavy atom. The molecule has 102 valence electrons. The Balaban J connectivity index is 2.26. The molecule has 0 saturated heterocycles. The Morgan fingerprint density at radius 1 is 1.47 bits per heavy atom. The van der Waals surface area contributed by atoms with Gasteiger partial charge in [-0.25, -0.2) is 24.0 Å². The van der Waals surface area contributed by atoms with Gasteiger partial charge in [0.1, 0.15) is 11.2 Å². The van der Waals surface area contributed by atoms with Crippen molar-refractivity contribution in [2.24, 2.45) is 5.84 Å².